The van der Waals surface area contributed by atoms with E-state index in [1.165, 1.54) is 89.9 Å². The van der Waals surface area contributed by atoms with Crippen LogP contribution in [0.5, 0.6) is 0 Å². The smallest absolute Gasteiger partial charge is 0.243 e. The average molecular weight is 586 g/mol. The van der Waals surface area contributed by atoms with Crippen LogP contribution in [0.4, 0.5) is 0 Å². The molecular weight excluding hydrogens is 522 g/mol. The Kier molecular flexibility index (Phi) is 21.6. The molecule has 0 fully saturated rings. The predicted octanol–water partition coefficient (Wildman–Crippen LogP) is 7.89. The van der Waals surface area contributed by atoms with Crippen LogP contribution >= 0.6 is 0 Å². The van der Waals surface area contributed by atoms with E-state index < -0.39 is 12.1 Å². The fraction of sp³-hybridized carbons (Fsp3) is 0.750. The van der Waals surface area contributed by atoms with Crippen LogP contribution < -0.4 is 16.0 Å². The molecule has 0 aliphatic carbocycles. The highest BCUT2D eigenvalue weighted by molar-refractivity contribution is 5.92. The number of amides is 3. The first-order valence-corrected chi connectivity index (χ1v) is 17.2. The molecule has 3 amide bonds. The van der Waals surface area contributed by atoms with Crippen molar-refractivity contribution in [2.75, 3.05) is 6.54 Å². The maximum Gasteiger partial charge on any atom is 0.243 e. The third kappa shape index (κ3) is 18.2. The van der Waals surface area contributed by atoms with Gasteiger partial charge in [0.25, 0.3) is 0 Å². The first-order chi connectivity index (χ1) is 20.3. The molecule has 1 aromatic carbocycles. The van der Waals surface area contributed by atoms with Gasteiger partial charge in [-0.25, -0.2) is 0 Å². The molecule has 0 spiro atoms. The zero-order valence-electron chi connectivity index (χ0n) is 27.6. The molecule has 0 unspecified atom stereocenters. The van der Waals surface area contributed by atoms with Gasteiger partial charge in [-0.05, 0) is 23.8 Å². The van der Waals surface area contributed by atoms with Crippen molar-refractivity contribution in [2.24, 2.45) is 11.8 Å². The van der Waals surface area contributed by atoms with E-state index >= 15 is 0 Å². The van der Waals surface area contributed by atoms with Gasteiger partial charge in [0.05, 0.1) is 6.42 Å². The topological polar surface area (TPSA) is 87.3 Å². The lowest BCUT2D eigenvalue weighted by molar-refractivity contribution is -0.133. The largest absolute Gasteiger partial charge is 0.354 e. The summed E-state index contributed by atoms with van der Waals surface area (Å²) in [6, 6.07) is 8.14. The van der Waals surface area contributed by atoms with Crippen molar-refractivity contribution in [3.63, 3.8) is 0 Å². The molecule has 0 bridgehead atoms. The van der Waals surface area contributed by atoms with E-state index in [2.05, 4.69) is 22.9 Å². The second kappa shape index (κ2) is 24.1. The standard InChI is InChI=1S/C36H63N3O3/c1-6-7-8-9-10-11-12-13-14-15-16-17-18-19-20-24-27-37-35(41)33(29(2)3)39-36(42)34(30(4)5)38-32(40)28-31-25-22-21-23-26-31/h21-23,25-26,29-30,33-34H,6-20,24,27-28H2,1-5H3,(H,37,41)(H,38,40)(H,39,42)/t33-,34-/m0/s1. The van der Waals surface area contributed by atoms with Crippen LogP contribution in [-0.4, -0.2) is 36.3 Å². The van der Waals surface area contributed by atoms with Gasteiger partial charge in [-0.15, -0.1) is 0 Å². The molecule has 0 saturated carbocycles. The minimum Gasteiger partial charge on any atom is -0.354 e. The fourth-order valence-electron chi connectivity index (χ4n) is 5.31. The molecule has 0 aromatic heterocycles. The van der Waals surface area contributed by atoms with Crippen LogP contribution in [0.2, 0.25) is 0 Å². The Labute approximate surface area is 258 Å². The van der Waals surface area contributed by atoms with Gasteiger partial charge >= 0.3 is 0 Å². The number of hydrogen-bond donors (Lipinski definition) is 3. The summed E-state index contributed by atoms with van der Waals surface area (Å²) in [6.45, 7) is 10.5. The number of carbonyl (C=O) groups excluding carboxylic acids is 3. The van der Waals surface area contributed by atoms with E-state index in [9.17, 15) is 14.4 Å². The molecule has 240 valence electrons. The summed E-state index contributed by atoms with van der Waals surface area (Å²) in [5.74, 6) is -0.845. The van der Waals surface area contributed by atoms with Crippen LogP contribution in [0.3, 0.4) is 0 Å². The van der Waals surface area contributed by atoms with Crippen molar-refractivity contribution >= 4 is 17.7 Å². The van der Waals surface area contributed by atoms with Crippen molar-refractivity contribution < 1.29 is 14.4 Å². The van der Waals surface area contributed by atoms with Gasteiger partial charge < -0.3 is 16.0 Å². The molecule has 3 N–H and O–H groups in total. The lowest BCUT2D eigenvalue weighted by Gasteiger charge is -2.27. The Morgan fingerprint density at radius 3 is 1.45 bits per heavy atom. The van der Waals surface area contributed by atoms with Crippen molar-refractivity contribution in [3.8, 4) is 0 Å². The molecule has 42 heavy (non-hydrogen) atoms. The fourth-order valence-corrected chi connectivity index (χ4v) is 5.31. The van der Waals surface area contributed by atoms with Crippen molar-refractivity contribution in [3.05, 3.63) is 35.9 Å². The number of rotatable bonds is 25. The quantitative estimate of drug-likeness (QED) is 0.102. The van der Waals surface area contributed by atoms with Crippen molar-refractivity contribution in [1.82, 2.24) is 16.0 Å². The number of hydrogen-bond acceptors (Lipinski definition) is 3. The van der Waals surface area contributed by atoms with Crippen LogP contribution in [0.15, 0.2) is 30.3 Å². The van der Waals surface area contributed by atoms with E-state index in [4.69, 9.17) is 0 Å². The summed E-state index contributed by atoms with van der Waals surface area (Å²) in [5.41, 5.74) is 0.895. The number of benzene rings is 1. The number of unbranched alkanes of at least 4 members (excludes halogenated alkanes) is 15. The Morgan fingerprint density at radius 2 is 1.00 bits per heavy atom. The van der Waals surface area contributed by atoms with Gasteiger partial charge in [0.15, 0.2) is 0 Å². The molecule has 0 saturated heterocycles. The van der Waals surface area contributed by atoms with Crippen LogP contribution in [0, 0.1) is 11.8 Å². The van der Waals surface area contributed by atoms with E-state index in [1.54, 1.807) is 0 Å². The highest BCUT2D eigenvalue weighted by Gasteiger charge is 2.30. The first kappa shape index (κ1) is 37.7. The predicted molar refractivity (Wildman–Crippen MR) is 176 cm³/mol. The van der Waals surface area contributed by atoms with Crippen LogP contribution in [-0.2, 0) is 20.8 Å². The highest BCUT2D eigenvalue weighted by Crippen LogP contribution is 2.14. The van der Waals surface area contributed by atoms with E-state index in [1.807, 2.05) is 58.0 Å². The molecule has 0 aliphatic rings. The third-order valence-electron chi connectivity index (χ3n) is 8.05. The highest BCUT2D eigenvalue weighted by atomic mass is 16.2. The van der Waals surface area contributed by atoms with E-state index in [0.29, 0.717) is 6.54 Å². The Hall–Kier alpha value is -2.37. The van der Waals surface area contributed by atoms with Crippen LogP contribution in [0.1, 0.15) is 143 Å². The summed E-state index contributed by atoms with van der Waals surface area (Å²) >= 11 is 0. The van der Waals surface area contributed by atoms with Crippen LogP contribution in [0.25, 0.3) is 0 Å². The lowest BCUT2D eigenvalue weighted by atomic mass is 9.99. The monoisotopic (exact) mass is 585 g/mol. The van der Waals surface area contributed by atoms with E-state index in [-0.39, 0.29) is 36.0 Å². The maximum atomic E-state index is 13.1. The number of nitrogens with one attached hydrogen (secondary N) is 3. The molecular formula is C36H63N3O3. The molecule has 2 atom stereocenters. The molecule has 1 rings (SSSR count). The second-order valence-electron chi connectivity index (χ2n) is 12.8. The minimum absolute atomic E-state index is 0.0624. The molecule has 0 aliphatic heterocycles. The van der Waals surface area contributed by atoms with Gasteiger partial charge in [-0.2, -0.15) is 0 Å². The number of carbonyl (C=O) groups is 3. The second-order valence-corrected chi connectivity index (χ2v) is 12.8. The first-order valence-electron chi connectivity index (χ1n) is 17.2. The Bertz CT molecular complexity index is 841. The zero-order chi connectivity index (χ0) is 31.0. The summed E-state index contributed by atoms with van der Waals surface area (Å²) in [7, 11) is 0. The molecule has 6 nitrogen and oxygen atoms in total. The summed E-state index contributed by atoms with van der Waals surface area (Å²) in [4.78, 5) is 38.6. The molecule has 0 heterocycles. The maximum absolute atomic E-state index is 13.1. The molecule has 1 aromatic rings. The van der Waals surface area contributed by atoms with Gasteiger partial charge in [0.1, 0.15) is 12.1 Å². The van der Waals surface area contributed by atoms with Gasteiger partial charge in [0.2, 0.25) is 17.7 Å². The lowest BCUT2D eigenvalue weighted by Crippen LogP contribution is -2.57. The van der Waals surface area contributed by atoms with Crippen molar-refractivity contribution in [1.29, 1.82) is 0 Å². The van der Waals surface area contributed by atoms with Gasteiger partial charge in [-0.3, -0.25) is 14.4 Å². The van der Waals surface area contributed by atoms with Crippen molar-refractivity contribution in [2.45, 2.75) is 156 Å². The normalized spacial score (nSPS) is 12.7. The van der Waals surface area contributed by atoms with Gasteiger partial charge in [-0.1, -0.05) is 161 Å². The molecule has 0 radical (unpaired) electrons. The SMILES string of the molecule is CCCCCCCCCCCCCCCCCCNC(=O)[C@@H](NC(=O)[C@@H](NC(=O)Cc1ccccc1)C(C)C)C(C)C. The van der Waals surface area contributed by atoms with E-state index in [0.717, 1.165) is 18.4 Å². The minimum atomic E-state index is -0.699. The Balaban J connectivity index is 2.21. The summed E-state index contributed by atoms with van der Waals surface area (Å²) < 4.78 is 0. The Morgan fingerprint density at radius 1 is 0.571 bits per heavy atom. The summed E-state index contributed by atoms with van der Waals surface area (Å²) in [6.07, 6.45) is 21.3. The van der Waals surface area contributed by atoms with Gasteiger partial charge in [0, 0.05) is 6.54 Å². The average Bonchev–Trinajstić information content (AvgIpc) is 2.96. The summed E-state index contributed by atoms with van der Waals surface area (Å²) in [5, 5.41) is 8.80. The zero-order valence-corrected chi connectivity index (χ0v) is 27.6. The third-order valence-corrected chi connectivity index (χ3v) is 8.05. The molecule has 6 heteroatoms.